The van der Waals surface area contributed by atoms with Crippen molar-refractivity contribution < 1.29 is 0 Å². The van der Waals surface area contributed by atoms with Crippen LogP contribution in [0.4, 0.5) is 0 Å². The van der Waals surface area contributed by atoms with Crippen LogP contribution in [0.15, 0.2) is 61.2 Å². The molecule has 2 aromatic carbocycles. The smallest absolute Gasteiger partial charge is 0.137 e. The van der Waals surface area contributed by atoms with Crippen molar-refractivity contribution in [1.82, 2.24) is 39.9 Å². The van der Waals surface area contributed by atoms with Crippen molar-refractivity contribution in [3.8, 4) is 22.8 Å². The second-order valence-corrected chi connectivity index (χ2v) is 6.92. The van der Waals surface area contributed by atoms with E-state index in [1.807, 2.05) is 60.9 Å². The van der Waals surface area contributed by atoms with Gasteiger partial charge in [0.15, 0.2) is 0 Å². The van der Waals surface area contributed by atoms with Crippen LogP contribution in [0.25, 0.3) is 57.0 Å². The van der Waals surface area contributed by atoms with E-state index in [2.05, 4.69) is 39.9 Å². The zero-order valence-electron chi connectivity index (χ0n) is 15.7. The molecule has 6 aromatic rings. The van der Waals surface area contributed by atoms with Gasteiger partial charge in [0.2, 0.25) is 0 Å². The molecule has 0 saturated heterocycles. The molecular formula is C22H16N8. The Hall–Kier alpha value is -4.46. The molecule has 8 heteroatoms. The Morgan fingerprint density at radius 1 is 0.633 bits per heavy atom. The Labute approximate surface area is 170 Å². The van der Waals surface area contributed by atoms with Gasteiger partial charge in [0.1, 0.15) is 23.3 Å². The molecule has 6 rings (SSSR count). The van der Waals surface area contributed by atoms with Crippen molar-refractivity contribution in [3.63, 3.8) is 0 Å². The zero-order chi connectivity index (χ0) is 19.9. The van der Waals surface area contributed by atoms with E-state index in [4.69, 9.17) is 0 Å². The van der Waals surface area contributed by atoms with Crippen molar-refractivity contribution in [2.75, 3.05) is 0 Å². The van der Waals surface area contributed by atoms with Gasteiger partial charge in [-0.25, -0.2) is 19.9 Å². The molecule has 0 aliphatic heterocycles. The van der Waals surface area contributed by atoms with Crippen LogP contribution < -0.4 is 0 Å². The molecule has 0 unspecified atom stereocenters. The number of nitrogens with zero attached hydrogens (tertiary/aromatic N) is 4. The average Bonchev–Trinajstić information content (AvgIpc) is 3.56. The van der Waals surface area contributed by atoms with E-state index in [0.717, 1.165) is 56.5 Å². The predicted octanol–water partition coefficient (Wildman–Crippen LogP) is 4.39. The first-order valence-electron chi connectivity index (χ1n) is 9.49. The second kappa shape index (κ2) is 6.56. The van der Waals surface area contributed by atoms with Crippen molar-refractivity contribution in [3.05, 3.63) is 72.8 Å². The third-order valence-corrected chi connectivity index (χ3v) is 4.95. The highest BCUT2D eigenvalue weighted by Crippen LogP contribution is 2.22. The van der Waals surface area contributed by atoms with Gasteiger partial charge in [0.25, 0.3) is 0 Å². The van der Waals surface area contributed by atoms with E-state index in [-0.39, 0.29) is 0 Å². The van der Waals surface area contributed by atoms with E-state index >= 15 is 0 Å². The topological polar surface area (TPSA) is 115 Å². The fourth-order valence-electron chi connectivity index (χ4n) is 3.51. The highest BCUT2D eigenvalue weighted by atomic mass is 14.9. The van der Waals surface area contributed by atoms with Crippen molar-refractivity contribution in [1.29, 1.82) is 0 Å². The first-order valence-corrected chi connectivity index (χ1v) is 9.49. The molecular weight excluding hydrogens is 376 g/mol. The van der Waals surface area contributed by atoms with Crippen LogP contribution in [0.2, 0.25) is 0 Å². The van der Waals surface area contributed by atoms with Crippen molar-refractivity contribution in [2.45, 2.75) is 0 Å². The Morgan fingerprint density at radius 3 is 1.57 bits per heavy atom. The maximum atomic E-state index is 4.66. The fourth-order valence-corrected chi connectivity index (χ4v) is 3.51. The minimum absolute atomic E-state index is 0.762. The van der Waals surface area contributed by atoms with E-state index in [9.17, 15) is 0 Å². The summed E-state index contributed by atoms with van der Waals surface area (Å²) in [6.07, 6.45) is 10.9. The van der Waals surface area contributed by atoms with Crippen molar-refractivity contribution >= 4 is 34.2 Å². The molecule has 0 bridgehead atoms. The fraction of sp³-hybridized carbons (Fsp3) is 0. The summed E-state index contributed by atoms with van der Waals surface area (Å²) in [7, 11) is 0. The summed E-state index contributed by atoms with van der Waals surface area (Å²) in [5.74, 6) is 3.18. The predicted molar refractivity (Wildman–Crippen MR) is 116 cm³/mol. The minimum atomic E-state index is 0.762. The number of H-pyrrole nitrogens is 4. The molecule has 30 heavy (non-hydrogen) atoms. The van der Waals surface area contributed by atoms with Crippen LogP contribution in [-0.2, 0) is 0 Å². The molecule has 0 aliphatic carbocycles. The molecule has 4 heterocycles. The second-order valence-electron chi connectivity index (χ2n) is 6.92. The number of aromatic amines is 4. The summed E-state index contributed by atoms with van der Waals surface area (Å²) >= 11 is 0. The van der Waals surface area contributed by atoms with E-state index in [1.165, 1.54) is 0 Å². The molecule has 0 spiro atoms. The van der Waals surface area contributed by atoms with Gasteiger partial charge in [-0.2, -0.15) is 0 Å². The van der Waals surface area contributed by atoms with Crippen LogP contribution in [0.5, 0.6) is 0 Å². The third kappa shape index (κ3) is 2.87. The average molecular weight is 392 g/mol. The Balaban J connectivity index is 1.30. The first-order chi connectivity index (χ1) is 14.8. The highest BCUT2D eigenvalue weighted by molar-refractivity contribution is 5.84. The van der Waals surface area contributed by atoms with Crippen LogP contribution in [0.1, 0.15) is 11.6 Å². The number of hydrogen-bond acceptors (Lipinski definition) is 4. The Morgan fingerprint density at radius 2 is 1.13 bits per heavy atom. The molecule has 8 nitrogen and oxygen atoms in total. The lowest BCUT2D eigenvalue weighted by Crippen LogP contribution is -1.80. The largest absolute Gasteiger partial charge is 0.345 e. The van der Waals surface area contributed by atoms with Gasteiger partial charge < -0.3 is 19.9 Å². The van der Waals surface area contributed by atoms with Gasteiger partial charge in [-0.05, 0) is 48.6 Å². The lowest BCUT2D eigenvalue weighted by molar-refractivity contribution is 1.27. The number of hydrogen-bond donors (Lipinski definition) is 4. The molecule has 0 amide bonds. The van der Waals surface area contributed by atoms with Gasteiger partial charge in [-0.1, -0.05) is 0 Å². The van der Waals surface area contributed by atoms with Crippen molar-refractivity contribution in [2.24, 2.45) is 0 Å². The maximum Gasteiger partial charge on any atom is 0.137 e. The summed E-state index contributed by atoms with van der Waals surface area (Å²) in [5.41, 5.74) is 5.71. The van der Waals surface area contributed by atoms with Crippen LogP contribution >= 0.6 is 0 Å². The van der Waals surface area contributed by atoms with Gasteiger partial charge >= 0.3 is 0 Å². The number of nitrogens with one attached hydrogen (secondary N) is 4. The van der Waals surface area contributed by atoms with Gasteiger partial charge in [0, 0.05) is 35.9 Å². The molecule has 0 aliphatic rings. The summed E-state index contributed by atoms with van der Waals surface area (Å²) < 4.78 is 0. The summed E-state index contributed by atoms with van der Waals surface area (Å²) in [4.78, 5) is 30.8. The summed E-state index contributed by atoms with van der Waals surface area (Å²) in [6, 6.07) is 12.1. The first kappa shape index (κ1) is 16.5. The maximum absolute atomic E-state index is 4.66. The number of rotatable bonds is 4. The normalized spacial score (nSPS) is 11.9. The lowest BCUT2D eigenvalue weighted by atomic mass is 10.2. The molecule has 0 radical (unpaired) electrons. The molecule has 0 fully saturated rings. The number of benzene rings is 2. The minimum Gasteiger partial charge on any atom is -0.345 e. The lowest BCUT2D eigenvalue weighted by Gasteiger charge is -1.95. The molecule has 4 aromatic heterocycles. The number of fused-ring (bicyclic) bond motifs is 2. The summed E-state index contributed by atoms with van der Waals surface area (Å²) in [5, 5.41) is 0. The molecule has 4 N–H and O–H groups in total. The molecule has 0 saturated carbocycles. The molecule has 144 valence electrons. The third-order valence-electron chi connectivity index (χ3n) is 4.95. The Kier molecular flexibility index (Phi) is 3.60. The van der Waals surface area contributed by atoms with Crippen LogP contribution in [0.3, 0.4) is 0 Å². The van der Waals surface area contributed by atoms with E-state index in [1.54, 1.807) is 12.4 Å². The van der Waals surface area contributed by atoms with Gasteiger partial charge in [-0.3, -0.25) is 0 Å². The number of aromatic nitrogens is 8. The quantitative estimate of drug-likeness (QED) is 0.356. The SMILES string of the molecule is C(=C\c1nc2cc(-c3ncc[nH]3)ccc2[nH]1)/c1nc2cc(-c3ncc[nH]3)ccc2[nH]1. The van der Waals surface area contributed by atoms with E-state index < -0.39 is 0 Å². The van der Waals surface area contributed by atoms with Gasteiger partial charge in [0.05, 0.1) is 22.1 Å². The standard InChI is InChI=1S/C22H16N8/c1-3-15-17(11-13(1)21-23-7-8-24-21)29-19(27-15)5-6-20-28-16-4-2-14(12-18(16)30-20)22-25-9-10-26-22/h1-12H,(H,23,24)(H,25,26)(H,27,29)(H,28,30)/b6-5+. The monoisotopic (exact) mass is 392 g/mol. The van der Waals surface area contributed by atoms with Crippen LogP contribution in [-0.4, -0.2) is 39.9 Å². The Bertz CT molecular complexity index is 1370. The summed E-state index contributed by atoms with van der Waals surface area (Å²) in [6.45, 7) is 0. The molecule has 0 atom stereocenters. The highest BCUT2D eigenvalue weighted by Gasteiger charge is 2.07. The zero-order valence-corrected chi connectivity index (χ0v) is 15.7. The number of imidazole rings is 4. The van der Waals surface area contributed by atoms with Crippen LogP contribution in [0, 0.1) is 0 Å². The van der Waals surface area contributed by atoms with Gasteiger partial charge in [-0.15, -0.1) is 0 Å². The van der Waals surface area contributed by atoms with E-state index in [0.29, 0.717) is 0 Å².